The molecule has 8 fully saturated rings. The Hall–Kier alpha value is -4.33. The summed E-state index contributed by atoms with van der Waals surface area (Å²) < 4.78 is 129. The van der Waals surface area contributed by atoms with Crippen molar-refractivity contribution in [3.8, 4) is 0 Å². The summed E-state index contributed by atoms with van der Waals surface area (Å²) in [6.07, 6.45) is 20.5. The fourth-order valence-corrected chi connectivity index (χ4v) is 21.9. The molecule has 2 aliphatic carbocycles. The van der Waals surface area contributed by atoms with E-state index in [9.17, 15) is 30.0 Å². The van der Waals surface area contributed by atoms with Gasteiger partial charge in [0.1, 0.15) is 71.9 Å². The molecule has 0 aromatic rings. The summed E-state index contributed by atoms with van der Waals surface area (Å²) in [6, 6.07) is 0.0887. The third-order valence-electron chi connectivity index (χ3n) is 29.2. The van der Waals surface area contributed by atoms with Gasteiger partial charge in [-0.15, -0.1) is 12.4 Å². The zero-order valence-electron chi connectivity index (χ0n) is 78.2. The quantitative estimate of drug-likeness (QED) is 0.0582. The number of allylic oxidation sites excluding steroid dienone is 4. The van der Waals surface area contributed by atoms with Crippen LogP contribution in [-0.2, 0) is 104 Å². The second-order valence-electron chi connectivity index (χ2n) is 38.4. The van der Waals surface area contributed by atoms with E-state index < -0.39 is 133 Å². The van der Waals surface area contributed by atoms with Gasteiger partial charge in [-0.1, -0.05) is 135 Å². The van der Waals surface area contributed by atoms with E-state index >= 15 is 0 Å². The third-order valence-corrected chi connectivity index (χ3v) is 29.2. The molecule has 0 aromatic carbocycles. The standard InChI is InChI=1S/C49H75NO13.C48H73NO13.ClH/c1-12-26(2)44-29(5)18-19-48(63-44)24-35-21-34(62-48)17-16-28(4)43(27(3)14-13-15-33-25-56-46-42(51)30(6)20-36(47(52)59-35)49(33,46)53)60-40-23-38(55-11)45(32(8)58-40)61-39-22-37(54-10)41(50-9)31(7)57-39;1-25(2)42-28(5)17-18-47(62-42)23-34-20-33(61-47)16-15-27(4)43(26(3)13-12-14-32-24-55-45-41(50)29(6)19-35(46(51)58-34)48(32,45)52)59-39-22-37(54-11)44(31(8)57-39)60-38-21-36(53-10)40(49-9)30(7)56-38;/h13-16,18-20,26-27,29,31-32,34-46,50-51,53H,12,17,21-25H2,1-11H3;12-15,17-19,25-26,28,30-31,33-45,49-50,52H,16,20-24H2,1-11H3;1H/b14-13+,28-16+,33-15+;13-12+,27-15+,32-14+;/t26-,27-,29-,31-,32-,34+,35-,36-,37-,38-,39-,40-,41-,42+,43-,44+,45-,46+,48+,49+;26-,28-,30-,31-,33+,34-,35-,36-,37-,38-,39-,40-,41+,42+,43-,44-,45+,47+,48+;/m00./s1. The van der Waals surface area contributed by atoms with Crippen molar-refractivity contribution in [3.63, 3.8) is 0 Å². The van der Waals surface area contributed by atoms with Crippen LogP contribution in [0.25, 0.3) is 0 Å². The van der Waals surface area contributed by atoms with Crippen LogP contribution in [0, 0.1) is 47.3 Å². The van der Waals surface area contributed by atoms with Gasteiger partial charge in [-0.2, -0.15) is 0 Å². The number of aliphatic hydroxyl groups is 4. The van der Waals surface area contributed by atoms with Crippen molar-refractivity contribution in [2.45, 2.75) is 376 Å². The average molecular weight is 1790 g/mol. The molecule has 2 spiro atoms. The second-order valence-corrected chi connectivity index (χ2v) is 38.4. The highest BCUT2D eigenvalue weighted by molar-refractivity contribution is 5.85. The molecule has 0 aromatic heterocycles. The number of nitrogens with one attached hydrogen (secondary N) is 2. The van der Waals surface area contributed by atoms with Crippen LogP contribution in [0.4, 0.5) is 0 Å². The van der Waals surface area contributed by atoms with E-state index in [4.69, 9.17) is 94.7 Å². The minimum atomic E-state index is -1.83. The van der Waals surface area contributed by atoms with Crippen molar-refractivity contribution in [2.75, 3.05) is 55.7 Å². The number of ether oxygens (including phenoxy) is 20. The van der Waals surface area contributed by atoms with E-state index in [1.165, 1.54) is 0 Å². The van der Waals surface area contributed by atoms with Crippen LogP contribution in [0.1, 0.15) is 181 Å². The van der Waals surface area contributed by atoms with Crippen molar-refractivity contribution in [3.05, 3.63) is 119 Å². The number of carbonyl (C=O) groups is 2. The number of halogens is 1. The molecule has 39 atom stereocenters. The number of carbonyl (C=O) groups excluding carboxylic acids is 2. The molecule has 12 aliphatic heterocycles. The van der Waals surface area contributed by atoms with Gasteiger partial charge in [0.05, 0.1) is 111 Å². The summed E-state index contributed by atoms with van der Waals surface area (Å²) in [5.41, 5.74) is 0.355. The van der Waals surface area contributed by atoms with Crippen LogP contribution in [0.15, 0.2) is 119 Å². The highest BCUT2D eigenvalue weighted by atomic mass is 35.5. The lowest BCUT2D eigenvalue weighted by Crippen LogP contribution is -2.58. The van der Waals surface area contributed by atoms with Crippen LogP contribution >= 0.6 is 12.4 Å². The Kier molecular flexibility index (Phi) is 34.3. The molecule has 0 amide bonds. The molecular formula is C97H149ClN2O26. The van der Waals surface area contributed by atoms with Gasteiger partial charge in [-0.3, -0.25) is 9.59 Å². The first-order valence-corrected chi connectivity index (χ1v) is 46.2. The van der Waals surface area contributed by atoms with Gasteiger partial charge in [-0.25, -0.2) is 0 Å². The molecule has 0 unspecified atom stereocenters. The molecular weight excluding hydrogens is 1640 g/mol. The smallest absolute Gasteiger partial charge is 0.316 e. The Morgan fingerprint density at radius 3 is 1.23 bits per heavy atom. The Morgan fingerprint density at radius 1 is 0.476 bits per heavy atom. The Bertz CT molecular complexity index is 3980. The lowest BCUT2D eigenvalue weighted by molar-refractivity contribution is -0.312. The van der Waals surface area contributed by atoms with Gasteiger partial charge in [-0.05, 0) is 140 Å². The van der Waals surface area contributed by atoms with Crippen LogP contribution in [0.5, 0.6) is 0 Å². The molecule has 0 radical (unpaired) electrons. The van der Waals surface area contributed by atoms with E-state index in [-0.39, 0.29) is 146 Å². The first kappa shape index (κ1) is 101. The highest BCUT2D eigenvalue weighted by Gasteiger charge is 2.63. The molecule has 29 heteroatoms. The first-order valence-electron chi connectivity index (χ1n) is 46.2. The van der Waals surface area contributed by atoms with E-state index in [2.05, 4.69) is 104 Å². The van der Waals surface area contributed by atoms with Crippen molar-refractivity contribution in [1.29, 1.82) is 0 Å². The number of hydrogen-bond acceptors (Lipinski definition) is 28. The molecule has 14 aliphatic rings. The summed E-state index contributed by atoms with van der Waals surface area (Å²) in [6.45, 7) is 32.7. The zero-order valence-corrected chi connectivity index (χ0v) is 79.1. The maximum Gasteiger partial charge on any atom is 0.316 e. The normalized spacial score (nSPS) is 48.2. The predicted molar refractivity (Wildman–Crippen MR) is 471 cm³/mol. The monoisotopic (exact) mass is 1790 g/mol. The van der Waals surface area contributed by atoms with Crippen LogP contribution in [0.3, 0.4) is 0 Å². The molecule has 0 saturated carbocycles. The van der Waals surface area contributed by atoms with Crippen molar-refractivity contribution >= 4 is 24.3 Å². The Balaban J connectivity index is 0.000000227. The molecule has 710 valence electrons. The van der Waals surface area contributed by atoms with Gasteiger partial charge in [0.15, 0.2) is 36.7 Å². The Labute approximate surface area is 753 Å². The van der Waals surface area contributed by atoms with Crippen molar-refractivity contribution in [1.82, 2.24) is 10.6 Å². The molecule has 12 heterocycles. The molecule has 6 N–H and O–H groups in total. The van der Waals surface area contributed by atoms with Gasteiger partial charge < -0.3 is 126 Å². The van der Waals surface area contributed by atoms with Crippen LogP contribution in [-0.4, -0.2) is 282 Å². The number of esters is 2. The van der Waals surface area contributed by atoms with E-state index in [0.29, 0.717) is 86.5 Å². The van der Waals surface area contributed by atoms with Gasteiger partial charge in [0.2, 0.25) is 0 Å². The number of rotatable bonds is 17. The van der Waals surface area contributed by atoms with Crippen molar-refractivity contribution < 1.29 is 125 Å². The third kappa shape index (κ3) is 21.5. The summed E-state index contributed by atoms with van der Waals surface area (Å²) in [4.78, 5) is 28.7. The maximum atomic E-state index is 14.4. The summed E-state index contributed by atoms with van der Waals surface area (Å²) >= 11 is 0. The SMILES string of the molecule is CC[C@H](C)[C@H]1O[C@]2(C=C[C@@H]1C)C[C@@H]1C[C@@H](C/C=C(\C)[C@@H](O[C@H]3C[C@H](OC)[C@@H](O[C@H]4C[C@H](OC)[C@@H](NC)[C@H](C)O4)[C@H](C)O3)[C@@H](C)/C=C/C=C3\CO[C@@H]4[C@H](O)C(C)=C[C@@H](C(=O)O1)[C@]34O)O2.CN[C@H]1[C@H](C)O[C@@H](O[C@H]2[C@H](C)O[C@@H](O[C@@H]3/C(C)=C/C[C@@H]4C[C@@H](C[C@]5(C=C[C@H](C)[C@@H](C(C)C)O5)O4)OC(=O)[C@@H]4C=C(C)[C@@H](O)[C@H]5OC/C(=C\C=C\[C@@H]3C)[C@]54O)C[C@@H]2OC)C[C@@H]1OC.Cl. The highest BCUT2D eigenvalue weighted by Crippen LogP contribution is 2.51. The number of fused-ring (bicyclic) bond motifs is 4. The average Bonchev–Trinajstić information content (AvgIpc) is 1.57. The topological polar surface area (TPSA) is 324 Å². The fraction of sp³-hybridized carbons (Fsp3) is 0.773. The van der Waals surface area contributed by atoms with Crippen LogP contribution < -0.4 is 10.6 Å². The fourth-order valence-electron chi connectivity index (χ4n) is 21.9. The second kappa shape index (κ2) is 42.9. The van der Waals surface area contributed by atoms with Gasteiger partial charge in [0.25, 0.3) is 0 Å². The number of aliphatic hydroxyl groups excluding tert-OH is 2. The zero-order chi connectivity index (χ0) is 90.1. The lowest BCUT2D eigenvalue weighted by Gasteiger charge is -2.48. The minimum Gasteiger partial charge on any atom is -0.462 e. The first-order chi connectivity index (χ1) is 59.5. The molecule has 8 saturated heterocycles. The number of likely N-dealkylation sites (N-methyl/N-ethyl adjacent to an activating group) is 2. The summed E-state index contributed by atoms with van der Waals surface area (Å²) in [5.74, 6) is -5.07. The Morgan fingerprint density at radius 2 is 0.849 bits per heavy atom. The largest absolute Gasteiger partial charge is 0.462 e. The van der Waals surface area contributed by atoms with E-state index in [1.54, 1.807) is 66.6 Å². The van der Waals surface area contributed by atoms with Crippen molar-refractivity contribution in [2.24, 2.45) is 47.3 Å². The molecule has 14 rings (SSSR count). The van der Waals surface area contributed by atoms with Gasteiger partial charge >= 0.3 is 11.9 Å². The number of methoxy groups -OCH3 is 4. The lowest BCUT2D eigenvalue weighted by atomic mass is 9.71. The maximum absolute atomic E-state index is 14.4. The molecule has 126 heavy (non-hydrogen) atoms. The van der Waals surface area contributed by atoms with Gasteiger partial charge in [0, 0.05) is 103 Å². The van der Waals surface area contributed by atoms with E-state index in [0.717, 1.165) is 17.6 Å². The molecule has 28 nitrogen and oxygen atoms in total. The minimum absolute atomic E-state index is 0. The van der Waals surface area contributed by atoms with E-state index in [1.807, 2.05) is 78.2 Å². The molecule has 4 bridgehead atoms. The summed E-state index contributed by atoms with van der Waals surface area (Å²) in [7, 11) is 10.6. The summed E-state index contributed by atoms with van der Waals surface area (Å²) in [5, 5.41) is 54.1. The predicted octanol–water partition coefficient (Wildman–Crippen LogP) is 11.2. The number of hydrogen-bond donors (Lipinski definition) is 6. The van der Waals surface area contributed by atoms with Crippen LogP contribution in [0.2, 0.25) is 0 Å².